The molecule has 0 unspecified atom stereocenters. The predicted molar refractivity (Wildman–Crippen MR) is 78.8 cm³/mol. The third kappa shape index (κ3) is 3.40. The fourth-order valence-corrected chi connectivity index (χ4v) is 2.70. The van der Waals surface area contributed by atoms with Crippen LogP contribution in [0, 0.1) is 11.6 Å². The molecule has 114 valence electrons. The Balaban J connectivity index is 2.50. The number of anilines is 1. The van der Waals surface area contributed by atoms with Crippen molar-refractivity contribution < 1.29 is 13.3 Å². The van der Waals surface area contributed by atoms with Gasteiger partial charge in [0.15, 0.2) is 0 Å². The molecule has 0 amide bonds. The van der Waals surface area contributed by atoms with Crippen molar-refractivity contribution in [3.63, 3.8) is 0 Å². The largest absolute Gasteiger partial charge is 0.367 e. The van der Waals surface area contributed by atoms with E-state index in [1.165, 1.54) is 12.1 Å². The van der Waals surface area contributed by atoms with Crippen LogP contribution < -0.4 is 5.73 Å². The summed E-state index contributed by atoms with van der Waals surface area (Å²) in [4.78, 5) is 0. The van der Waals surface area contributed by atoms with Gasteiger partial charge in [0.05, 0.1) is 11.3 Å². The summed E-state index contributed by atoms with van der Waals surface area (Å²) in [7, 11) is 0. The molecule has 1 aromatic heterocycles. The van der Waals surface area contributed by atoms with Gasteiger partial charge in [-0.3, -0.25) is 0 Å². The Bertz CT molecular complexity index is 584. The molecule has 0 saturated heterocycles. The van der Waals surface area contributed by atoms with Gasteiger partial charge in [-0.15, -0.1) is 0 Å². The van der Waals surface area contributed by atoms with Crippen molar-refractivity contribution in [2.24, 2.45) is 0 Å². The minimum atomic E-state index is -0.640. The van der Waals surface area contributed by atoms with Crippen molar-refractivity contribution in [3.8, 4) is 11.1 Å². The van der Waals surface area contributed by atoms with Crippen LogP contribution in [0.3, 0.4) is 0 Å². The number of nitrogen functional groups attached to an aromatic ring is 1. The van der Waals surface area contributed by atoms with Crippen molar-refractivity contribution in [2.75, 3.05) is 5.73 Å². The van der Waals surface area contributed by atoms with Crippen molar-refractivity contribution in [2.45, 2.75) is 45.4 Å². The summed E-state index contributed by atoms with van der Waals surface area (Å²) in [5.41, 5.74) is 7.41. The van der Waals surface area contributed by atoms with Crippen LogP contribution in [0.15, 0.2) is 22.7 Å². The van der Waals surface area contributed by atoms with Crippen LogP contribution >= 0.6 is 0 Å². The zero-order valence-corrected chi connectivity index (χ0v) is 12.3. The highest BCUT2D eigenvalue weighted by atomic mass is 19.1. The second-order valence-corrected chi connectivity index (χ2v) is 5.24. The van der Waals surface area contributed by atoms with Gasteiger partial charge in [-0.1, -0.05) is 31.8 Å². The van der Waals surface area contributed by atoms with Crippen molar-refractivity contribution in [3.05, 3.63) is 35.5 Å². The fraction of sp³-hybridized carbons (Fsp3) is 0.438. The van der Waals surface area contributed by atoms with Crippen LogP contribution in [0.25, 0.3) is 11.1 Å². The molecule has 0 bridgehead atoms. The lowest BCUT2D eigenvalue weighted by molar-refractivity contribution is 0.411. The van der Waals surface area contributed by atoms with Crippen LogP contribution in [0.5, 0.6) is 0 Å². The minimum absolute atomic E-state index is 0.104. The first-order valence-corrected chi connectivity index (χ1v) is 7.28. The van der Waals surface area contributed by atoms with Crippen LogP contribution in [-0.2, 0) is 0 Å². The molecule has 5 heteroatoms. The van der Waals surface area contributed by atoms with Gasteiger partial charge >= 0.3 is 0 Å². The van der Waals surface area contributed by atoms with Crippen molar-refractivity contribution in [1.82, 2.24) is 5.16 Å². The van der Waals surface area contributed by atoms with Gasteiger partial charge in [0.2, 0.25) is 5.88 Å². The van der Waals surface area contributed by atoms with E-state index in [0.717, 1.165) is 31.7 Å². The smallest absolute Gasteiger partial charge is 0.230 e. The molecule has 0 atom stereocenters. The van der Waals surface area contributed by atoms with E-state index in [9.17, 15) is 8.78 Å². The lowest BCUT2D eigenvalue weighted by Crippen LogP contribution is -2.01. The van der Waals surface area contributed by atoms with E-state index in [1.54, 1.807) is 0 Å². The summed E-state index contributed by atoms with van der Waals surface area (Å²) in [5.74, 6) is -0.993. The average Bonchev–Trinajstić information content (AvgIpc) is 2.79. The number of benzene rings is 1. The number of nitrogens with zero attached hydrogens (tertiary/aromatic N) is 1. The standard InChI is InChI=1S/C16H20F2N2O/c1-3-5-10(6-4-2)15-14(16(19)21-20-15)11-7-12(17)9-13(18)8-11/h7-10H,3-6,19H2,1-2H3. The van der Waals surface area contributed by atoms with Crippen LogP contribution in [0.4, 0.5) is 14.7 Å². The Hall–Kier alpha value is -1.91. The molecule has 2 aromatic rings. The normalized spacial score (nSPS) is 11.3. The molecule has 0 saturated carbocycles. The summed E-state index contributed by atoms with van der Waals surface area (Å²) in [6.45, 7) is 4.18. The lowest BCUT2D eigenvalue weighted by atomic mass is 9.90. The second kappa shape index (κ2) is 6.70. The minimum Gasteiger partial charge on any atom is -0.367 e. The molecule has 0 fully saturated rings. The molecule has 2 N–H and O–H groups in total. The first-order valence-electron chi connectivity index (χ1n) is 7.28. The van der Waals surface area contributed by atoms with E-state index in [2.05, 4.69) is 19.0 Å². The SMILES string of the molecule is CCCC(CCC)c1noc(N)c1-c1cc(F)cc(F)c1. The van der Waals surface area contributed by atoms with Crippen LogP contribution in [0.2, 0.25) is 0 Å². The highest BCUT2D eigenvalue weighted by molar-refractivity contribution is 5.75. The van der Waals surface area contributed by atoms with Gasteiger partial charge in [-0.2, -0.15) is 0 Å². The molecular formula is C16H20F2N2O. The Kier molecular flexibility index (Phi) is 4.94. The van der Waals surface area contributed by atoms with E-state index in [0.29, 0.717) is 16.8 Å². The molecule has 0 radical (unpaired) electrons. The predicted octanol–water partition coefficient (Wildman–Crippen LogP) is 4.89. The number of halogens is 2. The highest BCUT2D eigenvalue weighted by Crippen LogP contribution is 2.38. The third-order valence-corrected chi connectivity index (χ3v) is 3.56. The maximum atomic E-state index is 13.4. The molecule has 3 nitrogen and oxygen atoms in total. The molecule has 2 rings (SSSR count). The van der Waals surface area contributed by atoms with E-state index < -0.39 is 11.6 Å². The summed E-state index contributed by atoms with van der Waals surface area (Å²) >= 11 is 0. The van der Waals surface area contributed by atoms with Crippen LogP contribution in [-0.4, -0.2) is 5.16 Å². The van der Waals surface area contributed by atoms with E-state index >= 15 is 0 Å². The van der Waals surface area contributed by atoms with E-state index in [1.807, 2.05) is 0 Å². The van der Waals surface area contributed by atoms with Crippen molar-refractivity contribution in [1.29, 1.82) is 0 Å². The molecule has 21 heavy (non-hydrogen) atoms. The van der Waals surface area contributed by atoms with Gasteiger partial charge < -0.3 is 10.3 Å². The maximum absolute atomic E-state index is 13.4. The number of hydrogen-bond donors (Lipinski definition) is 1. The topological polar surface area (TPSA) is 52.0 Å². The molecule has 0 aliphatic heterocycles. The summed E-state index contributed by atoms with van der Waals surface area (Å²) in [6, 6.07) is 3.34. The molecule has 1 heterocycles. The Morgan fingerprint density at radius 3 is 2.19 bits per heavy atom. The van der Waals surface area contributed by atoms with Crippen LogP contribution in [0.1, 0.15) is 51.1 Å². The summed E-state index contributed by atoms with van der Waals surface area (Å²) in [5, 5.41) is 4.04. The number of rotatable bonds is 6. The first-order chi connectivity index (χ1) is 10.1. The maximum Gasteiger partial charge on any atom is 0.230 e. The second-order valence-electron chi connectivity index (χ2n) is 5.24. The molecule has 1 aromatic carbocycles. The summed E-state index contributed by atoms with van der Waals surface area (Å²) < 4.78 is 32.0. The summed E-state index contributed by atoms with van der Waals surface area (Å²) in [6.07, 6.45) is 3.86. The van der Waals surface area contributed by atoms with Gasteiger partial charge in [0.1, 0.15) is 11.6 Å². The van der Waals surface area contributed by atoms with Crippen molar-refractivity contribution >= 4 is 5.88 Å². The van der Waals surface area contributed by atoms with Gasteiger partial charge in [-0.25, -0.2) is 8.78 Å². The monoisotopic (exact) mass is 294 g/mol. The Morgan fingerprint density at radius 1 is 1.10 bits per heavy atom. The molecule has 0 aliphatic carbocycles. The molecular weight excluding hydrogens is 274 g/mol. The Labute approximate surface area is 123 Å². The lowest BCUT2D eigenvalue weighted by Gasteiger charge is -2.14. The first kappa shape index (κ1) is 15.5. The van der Waals surface area contributed by atoms with E-state index in [4.69, 9.17) is 10.3 Å². The molecule has 0 aliphatic rings. The zero-order valence-electron chi connectivity index (χ0n) is 12.3. The highest BCUT2D eigenvalue weighted by Gasteiger charge is 2.23. The zero-order chi connectivity index (χ0) is 15.4. The van der Waals surface area contributed by atoms with Gasteiger partial charge in [0.25, 0.3) is 0 Å². The number of hydrogen-bond acceptors (Lipinski definition) is 3. The number of aromatic nitrogens is 1. The van der Waals surface area contributed by atoms with E-state index in [-0.39, 0.29) is 11.8 Å². The van der Waals surface area contributed by atoms with Gasteiger partial charge in [0, 0.05) is 12.0 Å². The average molecular weight is 294 g/mol. The quantitative estimate of drug-likeness (QED) is 0.825. The fourth-order valence-electron chi connectivity index (χ4n) is 2.70. The van der Waals surface area contributed by atoms with Gasteiger partial charge in [-0.05, 0) is 30.5 Å². The Morgan fingerprint density at radius 2 is 1.67 bits per heavy atom. The number of nitrogens with two attached hydrogens (primary N) is 1. The third-order valence-electron chi connectivity index (χ3n) is 3.56. The molecule has 0 spiro atoms.